The molecule has 0 aliphatic heterocycles. The average Bonchev–Trinajstić information content (AvgIpc) is 2.93. The number of carbonyl (C=O) groups is 2. The molecule has 10 heteroatoms. The lowest BCUT2D eigenvalue weighted by molar-refractivity contribution is -0.122. The van der Waals surface area contributed by atoms with Crippen molar-refractivity contribution in [1.29, 1.82) is 0 Å². The monoisotopic (exact) mass is 732 g/mol. The van der Waals surface area contributed by atoms with Gasteiger partial charge in [0.1, 0.15) is 11.5 Å². The summed E-state index contributed by atoms with van der Waals surface area (Å²) in [4.78, 5) is 25.6. The molecule has 0 radical (unpaired) electrons. The first-order valence-corrected chi connectivity index (χ1v) is 15.3. The van der Waals surface area contributed by atoms with E-state index in [0.717, 1.165) is 22.3 Å². The summed E-state index contributed by atoms with van der Waals surface area (Å²) >= 11 is 18.8. The number of amides is 2. The van der Waals surface area contributed by atoms with E-state index >= 15 is 0 Å². The van der Waals surface area contributed by atoms with Gasteiger partial charge in [-0.2, -0.15) is 0 Å². The van der Waals surface area contributed by atoms with Crippen LogP contribution in [0.4, 0.5) is 11.4 Å². The molecule has 0 aliphatic rings. The molecule has 2 atom stereocenters. The van der Waals surface area contributed by atoms with Crippen LogP contribution in [0.5, 0.6) is 11.5 Å². The average molecular weight is 735 g/mol. The van der Waals surface area contributed by atoms with Crippen molar-refractivity contribution in [3.8, 4) is 22.6 Å². The van der Waals surface area contributed by atoms with E-state index in [1.165, 1.54) is 0 Å². The molecule has 4 aromatic carbocycles. The van der Waals surface area contributed by atoms with Crippen molar-refractivity contribution in [1.82, 2.24) is 0 Å². The Hall–Kier alpha value is -3.04. The molecule has 6 nitrogen and oxygen atoms in total. The molecule has 42 heavy (non-hydrogen) atoms. The van der Waals surface area contributed by atoms with E-state index < -0.39 is 12.2 Å². The van der Waals surface area contributed by atoms with Crippen molar-refractivity contribution >= 4 is 78.3 Å². The van der Waals surface area contributed by atoms with Crippen LogP contribution in [0.25, 0.3) is 11.1 Å². The summed E-state index contributed by atoms with van der Waals surface area (Å²) in [6.07, 6.45) is -1.46. The number of nitrogens with one attached hydrogen (secondary N) is 2. The van der Waals surface area contributed by atoms with Crippen molar-refractivity contribution in [2.45, 2.75) is 39.9 Å². The van der Waals surface area contributed by atoms with Crippen LogP contribution in [-0.4, -0.2) is 24.0 Å². The molecule has 0 saturated carbocycles. The first kappa shape index (κ1) is 31.9. The minimum Gasteiger partial charge on any atom is -0.480 e. The van der Waals surface area contributed by atoms with Gasteiger partial charge in [0.05, 0.1) is 8.95 Å². The third kappa shape index (κ3) is 8.07. The molecule has 4 rings (SSSR count). The van der Waals surface area contributed by atoms with Crippen LogP contribution < -0.4 is 20.1 Å². The van der Waals surface area contributed by atoms with Crippen molar-refractivity contribution in [2.24, 2.45) is 0 Å². The van der Waals surface area contributed by atoms with E-state index in [0.29, 0.717) is 41.9 Å². The van der Waals surface area contributed by atoms with Crippen molar-refractivity contribution in [3.63, 3.8) is 0 Å². The van der Waals surface area contributed by atoms with Crippen LogP contribution in [0.3, 0.4) is 0 Å². The van der Waals surface area contributed by atoms with E-state index in [1.807, 2.05) is 50.2 Å². The van der Waals surface area contributed by atoms with Crippen LogP contribution >= 0.6 is 55.1 Å². The Labute approximate surface area is 272 Å². The van der Waals surface area contributed by atoms with Crippen molar-refractivity contribution in [2.75, 3.05) is 10.6 Å². The van der Waals surface area contributed by atoms with Gasteiger partial charge in [-0.15, -0.1) is 0 Å². The molecule has 4 aromatic rings. The van der Waals surface area contributed by atoms with Crippen molar-refractivity contribution in [3.05, 3.63) is 103 Å². The lowest BCUT2D eigenvalue weighted by Gasteiger charge is -2.18. The van der Waals surface area contributed by atoms with Gasteiger partial charge in [-0.3, -0.25) is 9.59 Å². The molecule has 0 heterocycles. The molecule has 0 spiro atoms. The normalized spacial score (nSPS) is 12.3. The predicted molar refractivity (Wildman–Crippen MR) is 177 cm³/mol. The van der Waals surface area contributed by atoms with Crippen LogP contribution in [0, 0.1) is 13.8 Å². The highest BCUT2D eigenvalue weighted by atomic mass is 79.9. The lowest BCUT2D eigenvalue weighted by Crippen LogP contribution is -2.30. The molecule has 0 saturated heterocycles. The second kappa shape index (κ2) is 14.0. The number of hydrogen-bond acceptors (Lipinski definition) is 4. The zero-order valence-corrected chi connectivity index (χ0v) is 27.9. The standard InChI is InChI=1S/C32H28Br2Cl2N2O4/c1-17-13-21(5-9-27(17)37-31(39)19(3)41-29-11-7-23(35)15-25(29)33)22-6-10-28(18(2)14-22)38-32(40)20(4)42-30-12-8-24(36)16-26(30)34/h5-16,19-20H,1-4H3,(H,37,39)(H,38,40). The Balaban J connectivity index is 1.39. The molecular formula is C32H28Br2Cl2N2O4. The van der Waals surface area contributed by atoms with E-state index in [1.54, 1.807) is 50.2 Å². The topological polar surface area (TPSA) is 76.7 Å². The van der Waals surface area contributed by atoms with Crippen LogP contribution in [0.15, 0.2) is 81.7 Å². The van der Waals surface area contributed by atoms with Gasteiger partial charge in [0.15, 0.2) is 12.2 Å². The summed E-state index contributed by atoms with van der Waals surface area (Å²) in [6, 6.07) is 21.9. The number of benzene rings is 4. The third-order valence-corrected chi connectivity index (χ3v) is 8.15. The number of ether oxygens (including phenoxy) is 2. The zero-order chi connectivity index (χ0) is 30.6. The Morgan fingerprint density at radius 1 is 0.643 bits per heavy atom. The number of rotatable bonds is 9. The molecule has 2 unspecified atom stereocenters. The first-order chi connectivity index (χ1) is 19.9. The van der Waals surface area contributed by atoms with Gasteiger partial charge in [0.2, 0.25) is 0 Å². The summed E-state index contributed by atoms with van der Waals surface area (Å²) in [5, 5.41) is 7.02. The van der Waals surface area contributed by atoms with Gasteiger partial charge in [0, 0.05) is 21.4 Å². The molecular weight excluding hydrogens is 707 g/mol. The second-order valence-electron chi connectivity index (χ2n) is 9.71. The summed E-state index contributed by atoms with van der Waals surface area (Å²) in [5.41, 5.74) is 5.13. The van der Waals surface area contributed by atoms with E-state index in [2.05, 4.69) is 42.5 Å². The highest BCUT2D eigenvalue weighted by Crippen LogP contribution is 2.31. The van der Waals surface area contributed by atoms with Gasteiger partial charge in [-0.1, -0.05) is 35.3 Å². The summed E-state index contributed by atoms with van der Waals surface area (Å²) in [5.74, 6) is 0.511. The Morgan fingerprint density at radius 3 is 1.36 bits per heavy atom. The molecule has 0 fully saturated rings. The minimum absolute atomic E-state index is 0.273. The molecule has 2 amide bonds. The van der Waals surface area contributed by atoms with Gasteiger partial charge >= 0.3 is 0 Å². The largest absolute Gasteiger partial charge is 0.480 e. The smallest absolute Gasteiger partial charge is 0.265 e. The third-order valence-electron chi connectivity index (χ3n) is 6.44. The summed E-state index contributed by atoms with van der Waals surface area (Å²) < 4.78 is 13.0. The molecule has 0 bridgehead atoms. The van der Waals surface area contributed by atoms with Crippen LogP contribution in [-0.2, 0) is 9.59 Å². The second-order valence-corrected chi connectivity index (χ2v) is 12.3. The number of hydrogen-bond donors (Lipinski definition) is 2. The summed E-state index contributed by atoms with van der Waals surface area (Å²) in [7, 11) is 0. The number of carbonyl (C=O) groups excluding carboxylic acids is 2. The fraction of sp³-hybridized carbons (Fsp3) is 0.188. The Bertz CT molecular complexity index is 1530. The SMILES string of the molecule is Cc1cc(-c2ccc(NC(=O)C(C)Oc3ccc(Cl)cc3Br)c(C)c2)ccc1NC(=O)C(C)Oc1ccc(Cl)cc1Br. The van der Waals surface area contributed by atoms with Crippen LogP contribution in [0.2, 0.25) is 10.0 Å². The fourth-order valence-electron chi connectivity index (χ4n) is 4.07. The van der Waals surface area contributed by atoms with Gasteiger partial charge in [-0.25, -0.2) is 0 Å². The Morgan fingerprint density at radius 2 is 1.02 bits per heavy atom. The molecule has 0 aromatic heterocycles. The zero-order valence-electron chi connectivity index (χ0n) is 23.2. The summed E-state index contributed by atoms with van der Waals surface area (Å²) in [6.45, 7) is 7.24. The molecule has 218 valence electrons. The lowest BCUT2D eigenvalue weighted by atomic mass is 9.99. The maximum atomic E-state index is 12.8. The number of halogens is 4. The number of aryl methyl sites for hydroxylation is 2. The Kier molecular flexibility index (Phi) is 10.6. The van der Waals surface area contributed by atoms with E-state index in [9.17, 15) is 9.59 Å². The van der Waals surface area contributed by atoms with Gasteiger partial charge in [-0.05, 0) is 142 Å². The molecule has 2 N–H and O–H groups in total. The highest BCUT2D eigenvalue weighted by Gasteiger charge is 2.19. The quantitative estimate of drug-likeness (QED) is 0.180. The van der Waals surface area contributed by atoms with Crippen LogP contribution in [0.1, 0.15) is 25.0 Å². The van der Waals surface area contributed by atoms with E-state index in [-0.39, 0.29) is 11.8 Å². The van der Waals surface area contributed by atoms with E-state index in [4.69, 9.17) is 32.7 Å². The molecule has 0 aliphatic carbocycles. The van der Waals surface area contributed by atoms with Gasteiger partial charge < -0.3 is 20.1 Å². The number of anilines is 2. The van der Waals surface area contributed by atoms with Crippen molar-refractivity contribution < 1.29 is 19.1 Å². The maximum Gasteiger partial charge on any atom is 0.265 e. The maximum absolute atomic E-state index is 12.8. The minimum atomic E-state index is -0.729. The first-order valence-electron chi connectivity index (χ1n) is 13.0. The fourth-order valence-corrected chi connectivity index (χ4v) is 5.62. The highest BCUT2D eigenvalue weighted by molar-refractivity contribution is 9.11. The predicted octanol–water partition coefficient (Wildman–Crippen LogP) is 9.61. The van der Waals surface area contributed by atoms with Gasteiger partial charge in [0.25, 0.3) is 11.8 Å².